The summed E-state index contributed by atoms with van der Waals surface area (Å²) in [4.78, 5) is 0. The molecule has 0 aromatic heterocycles. The average Bonchev–Trinajstić information content (AvgIpc) is 2.11. The van der Waals surface area contributed by atoms with Crippen LogP contribution in [0.2, 0.25) is 0 Å². The van der Waals surface area contributed by atoms with E-state index in [1.807, 2.05) is 19.9 Å². The summed E-state index contributed by atoms with van der Waals surface area (Å²) in [6.45, 7) is 5.81. The lowest BCUT2D eigenvalue weighted by Gasteiger charge is -2.04. The van der Waals surface area contributed by atoms with Gasteiger partial charge in [-0.3, -0.25) is 0 Å². The van der Waals surface area contributed by atoms with Crippen LogP contribution in [-0.4, -0.2) is 13.1 Å². The summed E-state index contributed by atoms with van der Waals surface area (Å²) in [5.74, 6) is -0.0940. The molecule has 0 radical (unpaired) electrons. The average molecular weight is 181 g/mol. The molecular formula is C11H16FN. The van der Waals surface area contributed by atoms with Crippen LogP contribution in [-0.2, 0) is 6.42 Å². The van der Waals surface area contributed by atoms with Gasteiger partial charge in [-0.15, -0.1) is 0 Å². The Morgan fingerprint density at radius 1 is 1.38 bits per heavy atom. The van der Waals surface area contributed by atoms with Crippen LogP contribution in [0.5, 0.6) is 0 Å². The molecule has 0 aliphatic carbocycles. The van der Waals surface area contributed by atoms with Crippen molar-refractivity contribution in [2.45, 2.75) is 20.3 Å². The van der Waals surface area contributed by atoms with Gasteiger partial charge in [0.1, 0.15) is 5.82 Å². The fourth-order valence-corrected chi connectivity index (χ4v) is 1.29. The summed E-state index contributed by atoms with van der Waals surface area (Å²) >= 11 is 0. The molecule has 0 heterocycles. The Morgan fingerprint density at radius 2 is 2.15 bits per heavy atom. The van der Waals surface area contributed by atoms with E-state index in [-0.39, 0.29) is 5.82 Å². The molecule has 2 heteroatoms. The van der Waals surface area contributed by atoms with Crippen molar-refractivity contribution in [2.75, 3.05) is 13.1 Å². The first kappa shape index (κ1) is 10.2. The topological polar surface area (TPSA) is 12.0 Å². The quantitative estimate of drug-likeness (QED) is 0.703. The third-order valence-electron chi connectivity index (χ3n) is 2.02. The van der Waals surface area contributed by atoms with Crippen molar-refractivity contribution >= 4 is 0 Å². The molecule has 1 aromatic rings. The molecule has 1 aromatic carbocycles. The van der Waals surface area contributed by atoms with E-state index in [1.54, 1.807) is 6.07 Å². The van der Waals surface area contributed by atoms with Gasteiger partial charge in [-0.05, 0) is 38.1 Å². The highest BCUT2D eigenvalue weighted by atomic mass is 19.1. The van der Waals surface area contributed by atoms with Crippen LogP contribution in [0, 0.1) is 12.7 Å². The van der Waals surface area contributed by atoms with Gasteiger partial charge in [0.05, 0.1) is 0 Å². The van der Waals surface area contributed by atoms with Gasteiger partial charge in [-0.1, -0.05) is 24.6 Å². The Morgan fingerprint density at radius 3 is 2.85 bits per heavy atom. The van der Waals surface area contributed by atoms with Gasteiger partial charge in [0.25, 0.3) is 0 Å². The molecule has 13 heavy (non-hydrogen) atoms. The summed E-state index contributed by atoms with van der Waals surface area (Å²) in [5.41, 5.74) is 1.92. The number of hydrogen-bond donors (Lipinski definition) is 1. The summed E-state index contributed by atoms with van der Waals surface area (Å²) < 4.78 is 13.2. The number of nitrogens with one attached hydrogen (secondary N) is 1. The highest BCUT2D eigenvalue weighted by Gasteiger charge is 2.00. The van der Waals surface area contributed by atoms with Crippen LogP contribution in [0.4, 0.5) is 4.39 Å². The zero-order valence-electron chi connectivity index (χ0n) is 8.23. The largest absolute Gasteiger partial charge is 0.317 e. The molecule has 0 bridgehead atoms. The van der Waals surface area contributed by atoms with Crippen molar-refractivity contribution in [3.8, 4) is 0 Å². The van der Waals surface area contributed by atoms with Gasteiger partial charge < -0.3 is 5.32 Å². The van der Waals surface area contributed by atoms with E-state index in [9.17, 15) is 4.39 Å². The molecular weight excluding hydrogens is 165 g/mol. The molecule has 0 fully saturated rings. The molecule has 0 spiro atoms. The maximum Gasteiger partial charge on any atom is 0.126 e. The van der Waals surface area contributed by atoms with Crippen LogP contribution in [0.25, 0.3) is 0 Å². The number of rotatable bonds is 4. The molecule has 72 valence electrons. The van der Waals surface area contributed by atoms with E-state index >= 15 is 0 Å². The second-order valence-electron chi connectivity index (χ2n) is 3.20. The van der Waals surface area contributed by atoms with Crippen molar-refractivity contribution in [2.24, 2.45) is 0 Å². The van der Waals surface area contributed by atoms with Gasteiger partial charge in [0.15, 0.2) is 0 Å². The van der Waals surface area contributed by atoms with Crippen molar-refractivity contribution in [1.82, 2.24) is 5.32 Å². The Balaban J connectivity index is 2.59. The molecule has 0 amide bonds. The van der Waals surface area contributed by atoms with Crippen molar-refractivity contribution in [3.05, 3.63) is 35.1 Å². The molecule has 1 nitrogen and oxygen atoms in total. The second-order valence-corrected chi connectivity index (χ2v) is 3.20. The molecule has 0 unspecified atom stereocenters. The zero-order chi connectivity index (χ0) is 9.68. The van der Waals surface area contributed by atoms with Crippen LogP contribution in [0.1, 0.15) is 18.1 Å². The monoisotopic (exact) mass is 181 g/mol. The Hall–Kier alpha value is -0.890. The molecule has 0 saturated carbocycles. The Bertz CT molecular complexity index is 271. The minimum atomic E-state index is -0.0940. The van der Waals surface area contributed by atoms with E-state index in [1.165, 1.54) is 6.07 Å². The van der Waals surface area contributed by atoms with Gasteiger partial charge in [-0.25, -0.2) is 4.39 Å². The predicted octanol–water partition coefficient (Wildman–Crippen LogP) is 2.29. The number of aryl methyl sites for hydroxylation is 1. The first-order valence-electron chi connectivity index (χ1n) is 4.69. The fourth-order valence-electron chi connectivity index (χ4n) is 1.29. The van der Waals surface area contributed by atoms with Crippen LogP contribution < -0.4 is 5.32 Å². The lowest BCUT2D eigenvalue weighted by atomic mass is 10.1. The van der Waals surface area contributed by atoms with Gasteiger partial charge in [0.2, 0.25) is 0 Å². The minimum Gasteiger partial charge on any atom is -0.317 e. The minimum absolute atomic E-state index is 0.0940. The molecule has 0 aliphatic heterocycles. The van der Waals surface area contributed by atoms with Crippen molar-refractivity contribution in [1.29, 1.82) is 0 Å². The number of hydrogen-bond acceptors (Lipinski definition) is 1. The van der Waals surface area contributed by atoms with Gasteiger partial charge in [-0.2, -0.15) is 0 Å². The first-order chi connectivity index (χ1) is 6.24. The van der Waals surface area contributed by atoms with Crippen LogP contribution in [0.3, 0.4) is 0 Å². The molecule has 0 aliphatic rings. The third-order valence-corrected chi connectivity index (χ3v) is 2.02. The summed E-state index contributed by atoms with van der Waals surface area (Å²) in [5, 5.41) is 3.18. The van der Waals surface area contributed by atoms with E-state index in [0.717, 1.165) is 30.6 Å². The SMILES string of the molecule is CCNCCc1cc(C)ccc1F. The first-order valence-corrected chi connectivity index (χ1v) is 4.69. The van der Waals surface area contributed by atoms with Crippen molar-refractivity contribution in [3.63, 3.8) is 0 Å². The number of likely N-dealkylation sites (N-methyl/N-ethyl adjacent to an activating group) is 1. The predicted molar refractivity (Wildman–Crippen MR) is 53.4 cm³/mol. The van der Waals surface area contributed by atoms with Crippen LogP contribution in [0.15, 0.2) is 18.2 Å². The lowest BCUT2D eigenvalue weighted by Crippen LogP contribution is -2.16. The highest BCUT2D eigenvalue weighted by molar-refractivity contribution is 5.24. The number of halogens is 1. The maximum atomic E-state index is 13.2. The van der Waals surface area contributed by atoms with Crippen molar-refractivity contribution < 1.29 is 4.39 Å². The lowest BCUT2D eigenvalue weighted by molar-refractivity contribution is 0.600. The summed E-state index contributed by atoms with van der Waals surface area (Å²) in [7, 11) is 0. The molecule has 1 N–H and O–H groups in total. The zero-order valence-corrected chi connectivity index (χ0v) is 8.23. The van der Waals surface area contributed by atoms with Gasteiger partial charge >= 0.3 is 0 Å². The molecule has 1 rings (SSSR count). The Kier molecular flexibility index (Phi) is 3.90. The van der Waals surface area contributed by atoms with Crippen LogP contribution >= 0.6 is 0 Å². The highest BCUT2D eigenvalue weighted by Crippen LogP contribution is 2.09. The van der Waals surface area contributed by atoms with E-state index < -0.39 is 0 Å². The second kappa shape index (κ2) is 4.97. The summed E-state index contributed by atoms with van der Waals surface area (Å²) in [6.07, 6.45) is 0.765. The fraction of sp³-hybridized carbons (Fsp3) is 0.455. The third kappa shape index (κ3) is 3.15. The standard InChI is InChI=1S/C11H16FN/c1-3-13-7-6-10-8-9(2)4-5-11(10)12/h4-5,8,13H,3,6-7H2,1-2H3. The molecule has 0 saturated heterocycles. The normalized spacial score (nSPS) is 10.4. The van der Waals surface area contributed by atoms with Gasteiger partial charge in [0, 0.05) is 0 Å². The number of benzene rings is 1. The van der Waals surface area contributed by atoms with E-state index in [4.69, 9.17) is 0 Å². The molecule has 0 atom stereocenters. The maximum absolute atomic E-state index is 13.2. The van der Waals surface area contributed by atoms with E-state index in [2.05, 4.69) is 5.32 Å². The smallest absolute Gasteiger partial charge is 0.126 e. The Labute approximate surface area is 79.0 Å². The summed E-state index contributed by atoms with van der Waals surface area (Å²) in [6, 6.07) is 5.25. The van der Waals surface area contributed by atoms with E-state index in [0.29, 0.717) is 0 Å².